The van der Waals surface area contributed by atoms with Crippen LogP contribution in [-0.4, -0.2) is 16.6 Å². The number of rotatable bonds is 2. The molecule has 1 rings (SSSR count). The zero-order valence-electron chi connectivity index (χ0n) is 7.52. The smallest absolute Gasteiger partial charge is 0.0812 e. The van der Waals surface area contributed by atoms with Crippen LogP contribution in [0.2, 0.25) is 0 Å². The van der Waals surface area contributed by atoms with Gasteiger partial charge >= 0.3 is 0 Å². The Kier molecular flexibility index (Phi) is 3.38. The van der Waals surface area contributed by atoms with Gasteiger partial charge in [-0.15, -0.1) is 23.5 Å². The monoisotopic (exact) mass is 188 g/mol. The fraction of sp³-hybridized carbons (Fsp3) is 0.778. The molecule has 0 nitrogen and oxygen atoms in total. The Bertz CT molecular complexity index is 157. The van der Waals surface area contributed by atoms with Crippen LogP contribution in [0.15, 0.2) is 11.6 Å². The van der Waals surface area contributed by atoms with E-state index >= 15 is 0 Å². The summed E-state index contributed by atoms with van der Waals surface area (Å²) in [6.45, 7) is 2.27. The van der Waals surface area contributed by atoms with Gasteiger partial charge < -0.3 is 0 Å². The molecule has 0 bridgehead atoms. The van der Waals surface area contributed by atoms with E-state index < -0.39 is 0 Å². The molecule has 1 aliphatic rings. The van der Waals surface area contributed by atoms with Crippen LogP contribution in [0.1, 0.15) is 26.2 Å². The Morgan fingerprint density at radius 1 is 1.36 bits per heavy atom. The lowest BCUT2D eigenvalue weighted by Crippen LogP contribution is -2.23. The van der Waals surface area contributed by atoms with Crippen LogP contribution in [0.3, 0.4) is 0 Å². The van der Waals surface area contributed by atoms with E-state index in [9.17, 15) is 0 Å². The van der Waals surface area contributed by atoms with Crippen molar-refractivity contribution >= 4 is 23.5 Å². The Morgan fingerprint density at radius 3 is 2.36 bits per heavy atom. The van der Waals surface area contributed by atoms with Crippen LogP contribution in [-0.2, 0) is 0 Å². The highest BCUT2D eigenvalue weighted by Gasteiger charge is 2.31. The van der Waals surface area contributed by atoms with Gasteiger partial charge in [-0.1, -0.05) is 11.6 Å². The molecule has 0 aromatic heterocycles. The van der Waals surface area contributed by atoms with Gasteiger partial charge in [-0.25, -0.2) is 0 Å². The van der Waals surface area contributed by atoms with Crippen molar-refractivity contribution < 1.29 is 0 Å². The normalized spacial score (nSPS) is 23.0. The van der Waals surface area contributed by atoms with Crippen LogP contribution in [0.5, 0.6) is 0 Å². The van der Waals surface area contributed by atoms with Crippen LogP contribution in [0.25, 0.3) is 0 Å². The lowest BCUT2D eigenvalue weighted by molar-refractivity contribution is 0.685. The first-order valence-electron chi connectivity index (χ1n) is 4.03. The third-order valence-corrected chi connectivity index (χ3v) is 5.79. The Labute approximate surface area is 78.2 Å². The molecule has 64 valence electrons. The minimum atomic E-state index is 0.415. The van der Waals surface area contributed by atoms with Crippen molar-refractivity contribution in [2.75, 3.05) is 12.5 Å². The zero-order chi connectivity index (χ0) is 8.32. The van der Waals surface area contributed by atoms with Crippen molar-refractivity contribution in [1.29, 1.82) is 0 Å². The molecule has 0 saturated heterocycles. The maximum Gasteiger partial charge on any atom is 0.0812 e. The Morgan fingerprint density at radius 2 is 2.00 bits per heavy atom. The summed E-state index contributed by atoms with van der Waals surface area (Å²) in [7, 11) is 0. The topological polar surface area (TPSA) is 0 Å². The largest absolute Gasteiger partial charge is 0.143 e. The molecule has 0 aromatic rings. The third kappa shape index (κ3) is 1.78. The maximum absolute atomic E-state index is 2.40. The Hall–Kier alpha value is 0.440. The van der Waals surface area contributed by atoms with Crippen molar-refractivity contribution in [3.63, 3.8) is 0 Å². The van der Waals surface area contributed by atoms with E-state index in [2.05, 4.69) is 25.5 Å². The number of hydrogen-bond donors (Lipinski definition) is 0. The summed E-state index contributed by atoms with van der Waals surface area (Å²) >= 11 is 3.99. The van der Waals surface area contributed by atoms with Gasteiger partial charge in [0.25, 0.3) is 0 Å². The van der Waals surface area contributed by atoms with Gasteiger partial charge in [-0.3, -0.25) is 0 Å². The molecule has 0 heterocycles. The highest BCUT2D eigenvalue weighted by molar-refractivity contribution is 8.17. The number of thioether (sulfide) groups is 2. The van der Waals surface area contributed by atoms with E-state index in [1.54, 1.807) is 5.57 Å². The highest BCUT2D eigenvalue weighted by atomic mass is 32.2. The van der Waals surface area contributed by atoms with E-state index in [0.717, 1.165) is 0 Å². The van der Waals surface area contributed by atoms with E-state index in [1.165, 1.54) is 19.3 Å². The quantitative estimate of drug-likeness (QED) is 0.480. The van der Waals surface area contributed by atoms with E-state index in [4.69, 9.17) is 0 Å². The van der Waals surface area contributed by atoms with Crippen LogP contribution in [0, 0.1) is 0 Å². The molecule has 0 fully saturated rings. The predicted octanol–water partition coefficient (Wildman–Crippen LogP) is 3.54. The van der Waals surface area contributed by atoms with E-state index in [-0.39, 0.29) is 0 Å². The lowest BCUT2D eigenvalue weighted by atomic mass is 10.00. The number of hydrogen-bond acceptors (Lipinski definition) is 2. The average Bonchev–Trinajstić information content (AvgIpc) is 2.06. The second-order valence-electron chi connectivity index (χ2n) is 2.94. The molecule has 11 heavy (non-hydrogen) atoms. The summed E-state index contributed by atoms with van der Waals surface area (Å²) < 4.78 is 0.415. The summed E-state index contributed by atoms with van der Waals surface area (Å²) in [4.78, 5) is 0. The summed E-state index contributed by atoms with van der Waals surface area (Å²) in [5.74, 6) is 0. The summed E-state index contributed by atoms with van der Waals surface area (Å²) in [6.07, 6.45) is 10.8. The zero-order valence-corrected chi connectivity index (χ0v) is 9.15. The first-order valence-corrected chi connectivity index (χ1v) is 6.47. The van der Waals surface area contributed by atoms with Gasteiger partial charge in [0.05, 0.1) is 4.08 Å². The molecular formula is C9H16S2. The average molecular weight is 188 g/mol. The molecule has 0 unspecified atom stereocenters. The first-order chi connectivity index (χ1) is 5.25. The van der Waals surface area contributed by atoms with Crippen molar-refractivity contribution in [3.05, 3.63) is 11.6 Å². The minimum Gasteiger partial charge on any atom is -0.143 e. The molecule has 0 amide bonds. The molecule has 0 radical (unpaired) electrons. The molecule has 2 heteroatoms. The van der Waals surface area contributed by atoms with Gasteiger partial charge in [0.2, 0.25) is 0 Å². The van der Waals surface area contributed by atoms with Crippen molar-refractivity contribution in [2.24, 2.45) is 0 Å². The summed E-state index contributed by atoms with van der Waals surface area (Å²) in [5, 5.41) is 0. The second-order valence-corrected chi connectivity index (χ2v) is 5.41. The molecule has 0 aliphatic heterocycles. The molecule has 0 N–H and O–H groups in total. The third-order valence-electron chi connectivity index (χ3n) is 2.42. The van der Waals surface area contributed by atoms with Gasteiger partial charge in [-0.05, 0) is 38.7 Å². The highest BCUT2D eigenvalue weighted by Crippen LogP contribution is 2.46. The first kappa shape index (κ1) is 9.53. The van der Waals surface area contributed by atoms with Crippen LogP contribution < -0.4 is 0 Å². The molecule has 0 aromatic carbocycles. The van der Waals surface area contributed by atoms with Gasteiger partial charge in [-0.2, -0.15) is 0 Å². The number of allylic oxidation sites excluding steroid dienone is 1. The molecular weight excluding hydrogens is 172 g/mol. The fourth-order valence-electron chi connectivity index (χ4n) is 1.62. The lowest BCUT2D eigenvalue weighted by Gasteiger charge is -2.34. The summed E-state index contributed by atoms with van der Waals surface area (Å²) in [5.41, 5.74) is 1.57. The molecule has 0 spiro atoms. The summed E-state index contributed by atoms with van der Waals surface area (Å²) in [6, 6.07) is 0. The van der Waals surface area contributed by atoms with E-state index in [0.29, 0.717) is 4.08 Å². The van der Waals surface area contributed by atoms with Crippen LogP contribution in [0.4, 0.5) is 0 Å². The Balaban J connectivity index is 2.79. The van der Waals surface area contributed by atoms with Crippen molar-refractivity contribution in [1.82, 2.24) is 0 Å². The molecule has 0 saturated carbocycles. The van der Waals surface area contributed by atoms with Crippen LogP contribution >= 0.6 is 23.5 Å². The SMILES string of the molecule is CSC1(SC)CCCC=C1C. The predicted molar refractivity (Wildman–Crippen MR) is 57.4 cm³/mol. The minimum absolute atomic E-state index is 0.415. The van der Waals surface area contributed by atoms with Crippen molar-refractivity contribution in [2.45, 2.75) is 30.3 Å². The standard InChI is InChI=1S/C9H16S2/c1-8-6-4-5-7-9(8,10-2)11-3/h6H,4-5,7H2,1-3H3. The van der Waals surface area contributed by atoms with Gasteiger partial charge in [0.1, 0.15) is 0 Å². The van der Waals surface area contributed by atoms with Crippen molar-refractivity contribution in [3.8, 4) is 0 Å². The maximum atomic E-state index is 2.40. The van der Waals surface area contributed by atoms with E-state index in [1.807, 2.05) is 23.5 Å². The fourth-order valence-corrected chi connectivity index (χ4v) is 3.79. The molecule has 1 aliphatic carbocycles. The molecule has 0 atom stereocenters. The second kappa shape index (κ2) is 3.90. The van der Waals surface area contributed by atoms with Gasteiger partial charge in [0.15, 0.2) is 0 Å². The van der Waals surface area contributed by atoms with Gasteiger partial charge in [0, 0.05) is 0 Å².